The normalized spacial score (nSPS) is 16.5. The average Bonchev–Trinajstić information content (AvgIpc) is 2.40. The quantitative estimate of drug-likeness (QED) is 0.583. The van der Waals surface area contributed by atoms with E-state index in [0.717, 1.165) is 5.92 Å². The lowest BCUT2D eigenvalue weighted by Crippen LogP contribution is -2.10. The van der Waals surface area contributed by atoms with E-state index in [1.54, 1.807) is 4.90 Å². The molecule has 0 N–H and O–H groups in total. The highest BCUT2D eigenvalue weighted by Crippen LogP contribution is 2.32. The predicted octanol–water partition coefficient (Wildman–Crippen LogP) is 3.65. The van der Waals surface area contributed by atoms with E-state index in [-0.39, 0.29) is 0 Å². The summed E-state index contributed by atoms with van der Waals surface area (Å²) in [5, 5.41) is 8.73. The van der Waals surface area contributed by atoms with Gasteiger partial charge in [-0.05, 0) is 29.9 Å². The fourth-order valence-electron chi connectivity index (χ4n) is 2.64. The summed E-state index contributed by atoms with van der Waals surface area (Å²) in [4.78, 5) is 1.65. The molecular formula is C15H20N2. The maximum atomic E-state index is 8.73. The highest BCUT2D eigenvalue weighted by Gasteiger charge is 2.14. The SMILES string of the molecule is CN(C#N)Cc1ccc(C2CCCCC2)cc1. The van der Waals surface area contributed by atoms with Crippen LogP contribution in [0.1, 0.15) is 49.1 Å². The van der Waals surface area contributed by atoms with Gasteiger partial charge in [0.1, 0.15) is 0 Å². The molecule has 1 aromatic carbocycles. The lowest BCUT2D eigenvalue weighted by atomic mass is 9.84. The number of hydrogen-bond acceptors (Lipinski definition) is 2. The van der Waals surface area contributed by atoms with Crippen LogP contribution >= 0.6 is 0 Å². The number of benzene rings is 1. The van der Waals surface area contributed by atoms with Gasteiger partial charge >= 0.3 is 0 Å². The van der Waals surface area contributed by atoms with E-state index in [1.165, 1.54) is 43.2 Å². The van der Waals surface area contributed by atoms with Gasteiger partial charge in [0.05, 0.1) is 6.54 Å². The highest BCUT2D eigenvalue weighted by molar-refractivity contribution is 5.25. The second kappa shape index (κ2) is 5.72. The molecule has 0 aliphatic heterocycles. The molecule has 0 bridgehead atoms. The molecule has 0 radical (unpaired) electrons. The Kier molecular flexibility index (Phi) is 4.03. The maximum absolute atomic E-state index is 8.73. The van der Waals surface area contributed by atoms with Gasteiger partial charge in [-0.2, -0.15) is 5.26 Å². The Morgan fingerprint density at radius 3 is 2.41 bits per heavy atom. The third-order valence-corrected chi connectivity index (χ3v) is 3.65. The van der Waals surface area contributed by atoms with E-state index in [4.69, 9.17) is 5.26 Å². The molecule has 0 saturated heterocycles. The molecule has 90 valence electrons. The largest absolute Gasteiger partial charge is 0.309 e. The first-order valence-corrected chi connectivity index (χ1v) is 6.49. The summed E-state index contributed by atoms with van der Waals surface area (Å²) in [5.41, 5.74) is 2.70. The van der Waals surface area contributed by atoms with E-state index < -0.39 is 0 Å². The fraction of sp³-hybridized carbons (Fsp3) is 0.533. The molecule has 0 aromatic heterocycles. The van der Waals surface area contributed by atoms with Crippen LogP contribution in [0.15, 0.2) is 24.3 Å². The van der Waals surface area contributed by atoms with Crippen LogP contribution in [0.4, 0.5) is 0 Å². The topological polar surface area (TPSA) is 27.0 Å². The molecule has 0 amide bonds. The average molecular weight is 228 g/mol. The number of rotatable bonds is 3. The van der Waals surface area contributed by atoms with Gasteiger partial charge in [0.25, 0.3) is 0 Å². The Morgan fingerprint density at radius 2 is 1.82 bits per heavy atom. The van der Waals surface area contributed by atoms with Crippen molar-refractivity contribution in [3.63, 3.8) is 0 Å². The Morgan fingerprint density at radius 1 is 1.18 bits per heavy atom. The molecule has 0 spiro atoms. The van der Waals surface area contributed by atoms with Crippen molar-refractivity contribution >= 4 is 0 Å². The Bertz CT molecular complexity index is 382. The van der Waals surface area contributed by atoms with Crippen molar-refractivity contribution in [1.82, 2.24) is 4.90 Å². The summed E-state index contributed by atoms with van der Waals surface area (Å²) in [6, 6.07) is 8.82. The van der Waals surface area contributed by atoms with Crippen molar-refractivity contribution in [2.45, 2.75) is 44.6 Å². The zero-order valence-corrected chi connectivity index (χ0v) is 10.5. The minimum atomic E-state index is 0.710. The lowest BCUT2D eigenvalue weighted by molar-refractivity contribution is 0.443. The molecule has 2 heteroatoms. The fourth-order valence-corrected chi connectivity index (χ4v) is 2.64. The van der Waals surface area contributed by atoms with Gasteiger partial charge in [-0.3, -0.25) is 0 Å². The van der Waals surface area contributed by atoms with Crippen LogP contribution in [0, 0.1) is 11.5 Å². The smallest absolute Gasteiger partial charge is 0.179 e. The first kappa shape index (κ1) is 12.0. The van der Waals surface area contributed by atoms with Crippen molar-refractivity contribution in [3.05, 3.63) is 35.4 Å². The van der Waals surface area contributed by atoms with Gasteiger partial charge in [-0.15, -0.1) is 0 Å². The summed E-state index contributed by atoms with van der Waals surface area (Å²) < 4.78 is 0. The monoisotopic (exact) mass is 228 g/mol. The molecule has 2 rings (SSSR count). The lowest BCUT2D eigenvalue weighted by Gasteiger charge is -2.22. The van der Waals surface area contributed by atoms with Crippen molar-refractivity contribution < 1.29 is 0 Å². The van der Waals surface area contributed by atoms with Crippen LogP contribution < -0.4 is 0 Å². The molecule has 1 fully saturated rings. The molecule has 0 unspecified atom stereocenters. The number of nitrogens with zero attached hydrogens (tertiary/aromatic N) is 2. The number of nitriles is 1. The second-order valence-corrected chi connectivity index (χ2v) is 5.03. The van der Waals surface area contributed by atoms with E-state index in [0.29, 0.717) is 6.54 Å². The van der Waals surface area contributed by atoms with Crippen molar-refractivity contribution in [2.75, 3.05) is 7.05 Å². The van der Waals surface area contributed by atoms with Crippen LogP contribution in [0.2, 0.25) is 0 Å². The van der Waals surface area contributed by atoms with Crippen LogP contribution in [0.5, 0.6) is 0 Å². The minimum absolute atomic E-state index is 0.710. The first-order chi connectivity index (χ1) is 8.29. The Balaban J connectivity index is 2.00. The van der Waals surface area contributed by atoms with Crippen LogP contribution in [0.25, 0.3) is 0 Å². The van der Waals surface area contributed by atoms with Gasteiger partial charge in [0, 0.05) is 7.05 Å². The summed E-state index contributed by atoms with van der Waals surface area (Å²) in [6.45, 7) is 0.710. The minimum Gasteiger partial charge on any atom is -0.309 e. The van der Waals surface area contributed by atoms with Crippen LogP contribution in [-0.4, -0.2) is 11.9 Å². The molecule has 17 heavy (non-hydrogen) atoms. The molecular weight excluding hydrogens is 208 g/mol. The molecule has 1 aromatic rings. The summed E-state index contributed by atoms with van der Waals surface area (Å²) in [7, 11) is 1.81. The third kappa shape index (κ3) is 3.23. The summed E-state index contributed by atoms with van der Waals surface area (Å²) in [5.74, 6) is 0.770. The van der Waals surface area contributed by atoms with Crippen molar-refractivity contribution in [3.8, 4) is 6.19 Å². The molecule has 1 aliphatic carbocycles. The first-order valence-electron chi connectivity index (χ1n) is 6.49. The van der Waals surface area contributed by atoms with E-state index in [9.17, 15) is 0 Å². The highest BCUT2D eigenvalue weighted by atomic mass is 15.1. The Labute approximate surface area is 104 Å². The van der Waals surface area contributed by atoms with Gasteiger partial charge in [-0.1, -0.05) is 43.5 Å². The Hall–Kier alpha value is -1.49. The van der Waals surface area contributed by atoms with Gasteiger partial charge in [0.15, 0.2) is 6.19 Å². The van der Waals surface area contributed by atoms with E-state index in [2.05, 4.69) is 30.5 Å². The van der Waals surface area contributed by atoms with Crippen molar-refractivity contribution in [2.24, 2.45) is 0 Å². The predicted molar refractivity (Wildman–Crippen MR) is 69.3 cm³/mol. The van der Waals surface area contributed by atoms with Gasteiger partial charge in [0.2, 0.25) is 0 Å². The second-order valence-electron chi connectivity index (χ2n) is 5.03. The van der Waals surface area contributed by atoms with Gasteiger partial charge < -0.3 is 4.90 Å². The summed E-state index contributed by atoms with van der Waals surface area (Å²) >= 11 is 0. The standard InChI is InChI=1S/C15H20N2/c1-17(12-16)11-13-7-9-15(10-8-13)14-5-3-2-4-6-14/h7-10,14H,2-6,11H2,1H3. The van der Waals surface area contributed by atoms with Crippen LogP contribution in [-0.2, 0) is 6.54 Å². The van der Waals surface area contributed by atoms with Gasteiger partial charge in [-0.25, -0.2) is 0 Å². The zero-order valence-electron chi connectivity index (χ0n) is 10.5. The molecule has 0 heterocycles. The summed E-state index contributed by atoms with van der Waals surface area (Å²) in [6.07, 6.45) is 8.98. The molecule has 0 atom stereocenters. The maximum Gasteiger partial charge on any atom is 0.179 e. The molecule has 2 nitrogen and oxygen atoms in total. The van der Waals surface area contributed by atoms with E-state index in [1.807, 2.05) is 7.05 Å². The molecule has 1 aliphatic rings. The zero-order chi connectivity index (χ0) is 12.1. The molecule has 1 saturated carbocycles. The number of hydrogen-bond donors (Lipinski definition) is 0. The van der Waals surface area contributed by atoms with Crippen molar-refractivity contribution in [1.29, 1.82) is 5.26 Å². The van der Waals surface area contributed by atoms with E-state index >= 15 is 0 Å². The third-order valence-electron chi connectivity index (χ3n) is 3.65. The van der Waals surface area contributed by atoms with Crippen LogP contribution in [0.3, 0.4) is 0 Å².